The number of carbonyl (C=O) groups is 2. The third-order valence-electron chi connectivity index (χ3n) is 4.71. The van der Waals surface area contributed by atoms with Crippen molar-refractivity contribution in [1.82, 2.24) is 10.7 Å². The summed E-state index contributed by atoms with van der Waals surface area (Å²) in [6.45, 7) is 1.77. The second-order valence-electron chi connectivity index (χ2n) is 7.18. The predicted octanol–water partition coefficient (Wildman–Crippen LogP) is 4.27. The molecule has 174 valence electrons. The highest BCUT2D eigenvalue weighted by molar-refractivity contribution is 6.32. The summed E-state index contributed by atoms with van der Waals surface area (Å²) in [5.74, 6) is -0.365. The molecule has 3 aromatic rings. The van der Waals surface area contributed by atoms with Gasteiger partial charge in [0.05, 0.1) is 17.2 Å². The Balaban J connectivity index is 1.48. The van der Waals surface area contributed by atoms with Crippen LogP contribution in [0.4, 0.5) is 5.69 Å². The van der Waals surface area contributed by atoms with E-state index in [9.17, 15) is 19.7 Å². The van der Waals surface area contributed by atoms with Crippen molar-refractivity contribution in [2.45, 2.75) is 13.0 Å². The first-order chi connectivity index (χ1) is 16.3. The Morgan fingerprint density at radius 1 is 1.12 bits per heavy atom. The third-order valence-corrected chi connectivity index (χ3v) is 5.03. The number of nitro benzene ring substituents is 1. The molecule has 0 aromatic heterocycles. The zero-order valence-corrected chi connectivity index (χ0v) is 18.9. The Kier molecular flexibility index (Phi) is 8.31. The normalized spacial score (nSPS) is 11.6. The van der Waals surface area contributed by atoms with Crippen LogP contribution in [0.1, 0.15) is 34.5 Å². The van der Waals surface area contributed by atoms with Crippen LogP contribution in [-0.2, 0) is 4.79 Å². The molecule has 0 saturated heterocycles. The van der Waals surface area contributed by atoms with Gasteiger partial charge >= 0.3 is 0 Å². The van der Waals surface area contributed by atoms with E-state index in [0.29, 0.717) is 11.3 Å². The van der Waals surface area contributed by atoms with Gasteiger partial charge in [-0.1, -0.05) is 41.9 Å². The molecule has 0 spiro atoms. The highest BCUT2D eigenvalue weighted by atomic mass is 35.5. The summed E-state index contributed by atoms with van der Waals surface area (Å²) >= 11 is 5.74. The highest BCUT2D eigenvalue weighted by Crippen LogP contribution is 2.25. The molecule has 1 atom stereocenters. The smallest absolute Gasteiger partial charge is 0.288 e. The zero-order chi connectivity index (χ0) is 24.5. The van der Waals surface area contributed by atoms with Crippen LogP contribution in [0.5, 0.6) is 5.75 Å². The summed E-state index contributed by atoms with van der Waals surface area (Å²) < 4.78 is 5.51. The van der Waals surface area contributed by atoms with Gasteiger partial charge in [0.15, 0.2) is 6.61 Å². The molecular formula is C24H21ClN4O5. The van der Waals surface area contributed by atoms with Crippen molar-refractivity contribution in [1.29, 1.82) is 0 Å². The molecule has 0 saturated carbocycles. The number of hydrogen-bond acceptors (Lipinski definition) is 6. The maximum atomic E-state index is 12.1. The van der Waals surface area contributed by atoms with E-state index in [1.807, 2.05) is 37.3 Å². The highest BCUT2D eigenvalue weighted by Gasteiger charge is 2.16. The molecule has 0 aliphatic rings. The average molecular weight is 481 g/mol. The number of nitro groups is 1. The number of carbonyl (C=O) groups excluding carboxylic acids is 2. The molecule has 0 bridgehead atoms. The molecule has 34 heavy (non-hydrogen) atoms. The lowest BCUT2D eigenvalue weighted by Gasteiger charge is -2.14. The summed E-state index contributed by atoms with van der Waals surface area (Å²) in [6, 6.07) is 19.9. The first-order valence-electron chi connectivity index (χ1n) is 10.2. The molecule has 0 aliphatic carbocycles. The molecule has 0 radical (unpaired) electrons. The molecule has 0 unspecified atom stereocenters. The number of hydrazone groups is 1. The van der Waals surface area contributed by atoms with Gasteiger partial charge in [0, 0.05) is 11.6 Å². The van der Waals surface area contributed by atoms with Crippen LogP contribution in [0, 0.1) is 10.1 Å². The third kappa shape index (κ3) is 6.88. The molecule has 0 heterocycles. The molecule has 3 aromatic carbocycles. The standard InChI is InChI=1S/C24H21ClN4O5/c1-16(18-5-3-2-4-6-18)27-23(30)15-34-20-10-7-17(8-11-20)14-26-28-24(31)19-9-12-21(25)22(13-19)29(32)33/h2-14,16H,15H2,1H3,(H,27,30)(H,28,31)/b26-14-/t16-/m0/s1. The summed E-state index contributed by atoms with van der Waals surface area (Å²) in [4.78, 5) is 34.5. The van der Waals surface area contributed by atoms with Gasteiger partial charge in [-0.3, -0.25) is 19.7 Å². The van der Waals surface area contributed by atoms with Crippen LogP contribution >= 0.6 is 11.6 Å². The van der Waals surface area contributed by atoms with E-state index in [1.54, 1.807) is 24.3 Å². The van der Waals surface area contributed by atoms with E-state index in [-0.39, 0.29) is 34.8 Å². The number of rotatable bonds is 9. The maximum Gasteiger partial charge on any atom is 0.288 e. The lowest BCUT2D eigenvalue weighted by molar-refractivity contribution is -0.384. The van der Waals surface area contributed by atoms with Crippen LogP contribution < -0.4 is 15.5 Å². The summed E-state index contributed by atoms with van der Waals surface area (Å²) in [5.41, 5.74) is 3.65. The second kappa shape index (κ2) is 11.6. The minimum absolute atomic E-state index is 0.0526. The van der Waals surface area contributed by atoms with Gasteiger partial charge in [-0.2, -0.15) is 5.10 Å². The fourth-order valence-electron chi connectivity index (χ4n) is 2.93. The van der Waals surface area contributed by atoms with Crippen molar-refractivity contribution in [2.75, 3.05) is 6.61 Å². The Morgan fingerprint density at radius 2 is 1.82 bits per heavy atom. The molecular weight excluding hydrogens is 460 g/mol. The van der Waals surface area contributed by atoms with Crippen molar-refractivity contribution < 1.29 is 19.2 Å². The molecule has 0 aliphatic heterocycles. The maximum absolute atomic E-state index is 12.1. The van der Waals surface area contributed by atoms with Gasteiger partial charge in [-0.15, -0.1) is 0 Å². The Bertz CT molecular complexity index is 1200. The van der Waals surface area contributed by atoms with Crippen molar-refractivity contribution in [2.24, 2.45) is 5.10 Å². The molecule has 10 heteroatoms. The van der Waals surface area contributed by atoms with Gasteiger partial charge in [0.25, 0.3) is 17.5 Å². The number of hydrogen-bond donors (Lipinski definition) is 2. The average Bonchev–Trinajstić information content (AvgIpc) is 2.84. The van der Waals surface area contributed by atoms with Gasteiger partial charge < -0.3 is 10.1 Å². The number of nitrogens with zero attached hydrogens (tertiary/aromatic N) is 2. The predicted molar refractivity (Wildman–Crippen MR) is 128 cm³/mol. The first-order valence-corrected chi connectivity index (χ1v) is 10.6. The van der Waals surface area contributed by atoms with Crippen molar-refractivity contribution >= 4 is 35.3 Å². The number of nitrogens with one attached hydrogen (secondary N) is 2. The van der Waals surface area contributed by atoms with Crippen LogP contribution in [0.15, 0.2) is 77.9 Å². The van der Waals surface area contributed by atoms with Gasteiger partial charge in [-0.25, -0.2) is 5.43 Å². The molecule has 0 fully saturated rings. The van der Waals surface area contributed by atoms with E-state index in [0.717, 1.165) is 11.6 Å². The molecule has 3 rings (SSSR count). The minimum atomic E-state index is -0.667. The summed E-state index contributed by atoms with van der Waals surface area (Å²) in [5, 5.41) is 17.6. The fourth-order valence-corrected chi connectivity index (χ4v) is 3.12. The lowest BCUT2D eigenvalue weighted by Crippen LogP contribution is -2.31. The fraction of sp³-hybridized carbons (Fsp3) is 0.125. The van der Waals surface area contributed by atoms with Crippen LogP contribution in [-0.4, -0.2) is 29.6 Å². The van der Waals surface area contributed by atoms with E-state index in [1.165, 1.54) is 18.3 Å². The molecule has 2 N–H and O–H groups in total. The van der Waals surface area contributed by atoms with E-state index >= 15 is 0 Å². The number of amides is 2. The van der Waals surface area contributed by atoms with Gasteiger partial charge in [0.2, 0.25) is 0 Å². The zero-order valence-electron chi connectivity index (χ0n) is 18.1. The van der Waals surface area contributed by atoms with Crippen molar-refractivity contribution in [3.05, 3.63) is 105 Å². The number of benzene rings is 3. The van der Waals surface area contributed by atoms with Crippen molar-refractivity contribution in [3.63, 3.8) is 0 Å². The largest absolute Gasteiger partial charge is 0.484 e. The number of ether oxygens (including phenoxy) is 1. The summed E-state index contributed by atoms with van der Waals surface area (Å²) in [6.07, 6.45) is 1.40. The van der Waals surface area contributed by atoms with E-state index in [4.69, 9.17) is 16.3 Å². The Labute approximate surface area is 200 Å². The lowest BCUT2D eigenvalue weighted by atomic mass is 10.1. The van der Waals surface area contributed by atoms with E-state index in [2.05, 4.69) is 15.8 Å². The van der Waals surface area contributed by atoms with Crippen LogP contribution in [0.2, 0.25) is 5.02 Å². The topological polar surface area (TPSA) is 123 Å². The van der Waals surface area contributed by atoms with Crippen LogP contribution in [0.25, 0.3) is 0 Å². The van der Waals surface area contributed by atoms with E-state index < -0.39 is 10.8 Å². The monoisotopic (exact) mass is 480 g/mol. The Hall–Kier alpha value is -4.24. The quantitative estimate of drug-likeness (QED) is 0.269. The van der Waals surface area contributed by atoms with Gasteiger partial charge in [-0.05, 0) is 54.4 Å². The SMILES string of the molecule is C[C@H](NC(=O)COc1ccc(/C=N\NC(=O)c2ccc(Cl)c([N+](=O)[O-])c2)cc1)c1ccccc1. The second-order valence-corrected chi connectivity index (χ2v) is 7.59. The van der Waals surface area contributed by atoms with Crippen molar-refractivity contribution in [3.8, 4) is 5.75 Å². The van der Waals surface area contributed by atoms with Gasteiger partial charge in [0.1, 0.15) is 10.8 Å². The number of halogens is 1. The Morgan fingerprint density at radius 3 is 2.50 bits per heavy atom. The molecule has 9 nitrogen and oxygen atoms in total. The first kappa shape index (κ1) is 24.4. The minimum Gasteiger partial charge on any atom is -0.484 e. The summed E-state index contributed by atoms with van der Waals surface area (Å²) in [7, 11) is 0. The van der Waals surface area contributed by atoms with Crippen LogP contribution in [0.3, 0.4) is 0 Å². The molecule has 2 amide bonds.